The quantitative estimate of drug-likeness (QED) is 0.493. The van der Waals surface area contributed by atoms with Gasteiger partial charge < -0.3 is 9.88 Å². The van der Waals surface area contributed by atoms with Crippen LogP contribution in [0, 0.1) is 25.2 Å². The van der Waals surface area contributed by atoms with E-state index in [9.17, 15) is 18.5 Å². The van der Waals surface area contributed by atoms with Gasteiger partial charge in [0.05, 0.1) is 4.90 Å². The van der Waals surface area contributed by atoms with Gasteiger partial charge in [-0.25, -0.2) is 8.42 Å². The number of nitriles is 1. The van der Waals surface area contributed by atoms with Gasteiger partial charge in [0.2, 0.25) is 0 Å². The van der Waals surface area contributed by atoms with Crippen molar-refractivity contribution < 1.29 is 13.2 Å². The van der Waals surface area contributed by atoms with E-state index >= 15 is 0 Å². The first-order chi connectivity index (χ1) is 15.2. The largest absolute Gasteiger partial charge is 0.349 e. The van der Waals surface area contributed by atoms with Crippen molar-refractivity contribution in [2.45, 2.75) is 51.5 Å². The summed E-state index contributed by atoms with van der Waals surface area (Å²) in [5.74, 6) is -0.162. The Morgan fingerprint density at radius 3 is 2.75 bits per heavy atom. The normalized spacial score (nSPS) is 14.1. The zero-order chi connectivity index (χ0) is 23.3. The topological polar surface area (TPSA) is 116 Å². The second-order valence-corrected chi connectivity index (χ2v) is 9.35. The van der Waals surface area contributed by atoms with Gasteiger partial charge in [0.25, 0.3) is 15.9 Å². The predicted octanol–water partition coefficient (Wildman–Crippen LogP) is 3.53. The van der Waals surface area contributed by atoms with Crippen molar-refractivity contribution >= 4 is 33.5 Å². The fourth-order valence-electron chi connectivity index (χ4n) is 3.62. The molecule has 3 rings (SSSR count). The number of nitrogens with one attached hydrogen (secondary N) is 2. The fraction of sp³-hybridized carbons (Fsp3) is 0.348. The van der Waals surface area contributed by atoms with E-state index in [2.05, 4.69) is 26.5 Å². The molecule has 0 atom stereocenters. The number of carbonyl (C=O) groups excluding carboxylic acids is 1. The number of aryl methyl sites for hydroxylation is 1. The highest BCUT2D eigenvalue weighted by molar-refractivity contribution is 7.90. The third-order valence-corrected chi connectivity index (χ3v) is 6.63. The van der Waals surface area contributed by atoms with Crippen LogP contribution in [-0.2, 0) is 21.4 Å². The van der Waals surface area contributed by atoms with Gasteiger partial charge in [0, 0.05) is 36.6 Å². The monoisotopic (exact) mass is 453 g/mol. The maximum atomic E-state index is 12.7. The highest BCUT2D eigenvalue weighted by Crippen LogP contribution is 2.21. The number of carbonyl (C=O) groups is 1. The number of sulfonamides is 1. The number of amides is 1. The van der Waals surface area contributed by atoms with Crippen molar-refractivity contribution in [1.82, 2.24) is 9.29 Å². The number of amidine groups is 1. The lowest BCUT2D eigenvalue weighted by Gasteiger charge is -2.10. The highest BCUT2D eigenvalue weighted by Gasteiger charge is 2.19. The van der Waals surface area contributed by atoms with Crippen LogP contribution in [0.25, 0.3) is 6.08 Å². The Bertz CT molecular complexity index is 1230. The average Bonchev–Trinajstić information content (AvgIpc) is 3.35. The molecule has 2 N–H and O–H groups in total. The van der Waals surface area contributed by atoms with Crippen molar-refractivity contribution in [2.75, 3.05) is 11.9 Å². The third-order valence-electron chi connectivity index (χ3n) is 5.25. The van der Waals surface area contributed by atoms with Crippen molar-refractivity contribution in [3.63, 3.8) is 0 Å². The van der Waals surface area contributed by atoms with Gasteiger partial charge in [-0.15, -0.1) is 0 Å². The maximum absolute atomic E-state index is 12.7. The molecular formula is C23H27N5O3S. The molecule has 0 saturated heterocycles. The minimum absolute atomic E-state index is 0.00972. The maximum Gasteiger partial charge on any atom is 0.266 e. The first-order valence-corrected chi connectivity index (χ1v) is 12.0. The van der Waals surface area contributed by atoms with Crippen LogP contribution in [0.1, 0.15) is 43.1 Å². The summed E-state index contributed by atoms with van der Waals surface area (Å²) in [4.78, 5) is 16.9. The molecule has 2 heterocycles. The number of hydrogen-bond acceptors (Lipinski definition) is 5. The van der Waals surface area contributed by atoms with Crippen LogP contribution in [0.3, 0.4) is 0 Å². The number of benzene rings is 1. The Kier molecular flexibility index (Phi) is 7.15. The zero-order valence-corrected chi connectivity index (χ0v) is 19.3. The number of anilines is 1. The summed E-state index contributed by atoms with van der Waals surface area (Å²) in [5, 5.41) is 12.2. The summed E-state index contributed by atoms with van der Waals surface area (Å²) in [7, 11) is -3.80. The standard InChI is InChI=1S/C23H27N5O3S/c1-4-11-28-16(2)12-18(17(28)3)13-19(15-24)23(29)26-20-7-5-8-21(14-20)32(30,31)27-22-9-6-10-25-22/h5,7-8,12-14H,4,6,9-11H2,1-3H3,(H,25,27)(H,26,29)/b19-13+. The molecule has 2 aromatic rings. The summed E-state index contributed by atoms with van der Waals surface area (Å²) in [6.45, 7) is 7.51. The van der Waals surface area contributed by atoms with Gasteiger partial charge in [-0.2, -0.15) is 5.26 Å². The second-order valence-electron chi connectivity index (χ2n) is 7.67. The molecule has 9 heteroatoms. The molecule has 1 aromatic heterocycles. The molecule has 0 saturated carbocycles. The Labute approximate surface area is 188 Å². The molecule has 0 aliphatic carbocycles. The minimum atomic E-state index is -3.80. The van der Waals surface area contributed by atoms with E-state index in [1.807, 2.05) is 26.0 Å². The lowest BCUT2D eigenvalue weighted by Crippen LogP contribution is -2.29. The smallest absolute Gasteiger partial charge is 0.266 e. The number of nitrogens with zero attached hydrogens (tertiary/aromatic N) is 3. The third kappa shape index (κ3) is 5.26. The number of aromatic nitrogens is 1. The van der Waals surface area contributed by atoms with Crippen LogP contribution >= 0.6 is 0 Å². The van der Waals surface area contributed by atoms with Crippen molar-refractivity contribution in [2.24, 2.45) is 4.99 Å². The molecule has 32 heavy (non-hydrogen) atoms. The van der Waals surface area contributed by atoms with Gasteiger partial charge in [-0.3, -0.25) is 14.5 Å². The molecule has 0 fully saturated rings. The summed E-state index contributed by atoms with van der Waals surface area (Å²) >= 11 is 0. The van der Waals surface area contributed by atoms with E-state index in [1.165, 1.54) is 18.2 Å². The summed E-state index contributed by atoms with van der Waals surface area (Å²) < 4.78 is 29.9. The fourth-order valence-corrected chi connectivity index (χ4v) is 4.76. The van der Waals surface area contributed by atoms with E-state index in [0.717, 1.165) is 36.3 Å². The molecule has 0 bridgehead atoms. The SMILES string of the molecule is CCCn1c(C)cc(/C=C(\C#N)C(=O)Nc2cccc(S(=O)(=O)NC3=NCCC3)c2)c1C. The van der Waals surface area contributed by atoms with Gasteiger partial charge in [0.15, 0.2) is 0 Å². The number of hydrogen-bond donors (Lipinski definition) is 2. The van der Waals surface area contributed by atoms with E-state index in [1.54, 1.807) is 12.1 Å². The van der Waals surface area contributed by atoms with Gasteiger partial charge in [-0.05, 0) is 62.6 Å². The van der Waals surface area contributed by atoms with Crippen LogP contribution < -0.4 is 10.0 Å². The van der Waals surface area contributed by atoms with Crippen LogP contribution in [0.15, 0.2) is 45.8 Å². The molecule has 1 aliphatic heterocycles. The van der Waals surface area contributed by atoms with Gasteiger partial charge in [0.1, 0.15) is 17.5 Å². The molecule has 8 nitrogen and oxygen atoms in total. The average molecular weight is 454 g/mol. The first-order valence-electron chi connectivity index (χ1n) is 10.5. The Hall–Kier alpha value is -3.38. The summed E-state index contributed by atoms with van der Waals surface area (Å²) in [5.41, 5.74) is 3.07. The van der Waals surface area contributed by atoms with E-state index < -0.39 is 15.9 Å². The lowest BCUT2D eigenvalue weighted by atomic mass is 10.1. The summed E-state index contributed by atoms with van der Waals surface area (Å²) in [6, 6.07) is 9.80. The van der Waals surface area contributed by atoms with Crippen LogP contribution in [-0.4, -0.2) is 31.3 Å². The van der Waals surface area contributed by atoms with Crippen molar-refractivity contribution in [3.05, 3.63) is 52.9 Å². The minimum Gasteiger partial charge on any atom is -0.349 e. The molecule has 1 amide bonds. The second kappa shape index (κ2) is 9.83. The van der Waals surface area contributed by atoms with Crippen LogP contribution in [0.2, 0.25) is 0 Å². The number of rotatable bonds is 7. The lowest BCUT2D eigenvalue weighted by molar-refractivity contribution is -0.112. The van der Waals surface area contributed by atoms with Crippen molar-refractivity contribution in [1.29, 1.82) is 5.26 Å². The molecular weight excluding hydrogens is 426 g/mol. The molecule has 1 aliphatic rings. The van der Waals surface area contributed by atoms with Crippen LogP contribution in [0.5, 0.6) is 0 Å². The Balaban J connectivity index is 1.80. The van der Waals surface area contributed by atoms with Gasteiger partial charge >= 0.3 is 0 Å². The van der Waals surface area contributed by atoms with E-state index in [4.69, 9.17) is 0 Å². The van der Waals surface area contributed by atoms with Gasteiger partial charge in [-0.1, -0.05) is 13.0 Å². The molecule has 0 unspecified atom stereocenters. The predicted molar refractivity (Wildman–Crippen MR) is 125 cm³/mol. The molecule has 0 radical (unpaired) electrons. The van der Waals surface area contributed by atoms with E-state index in [-0.39, 0.29) is 16.2 Å². The Morgan fingerprint density at radius 2 is 2.09 bits per heavy atom. The van der Waals surface area contributed by atoms with Crippen LogP contribution in [0.4, 0.5) is 5.69 Å². The molecule has 168 valence electrons. The molecule has 0 spiro atoms. The first kappa shape index (κ1) is 23.3. The zero-order valence-electron chi connectivity index (χ0n) is 18.5. The molecule has 1 aromatic carbocycles. The Morgan fingerprint density at radius 1 is 1.31 bits per heavy atom. The number of aliphatic imine (C=N–C) groups is 1. The van der Waals surface area contributed by atoms with E-state index in [0.29, 0.717) is 18.8 Å². The highest BCUT2D eigenvalue weighted by atomic mass is 32.2. The van der Waals surface area contributed by atoms with Crippen molar-refractivity contribution in [3.8, 4) is 6.07 Å². The summed E-state index contributed by atoms with van der Waals surface area (Å²) in [6.07, 6.45) is 3.94.